The molecule has 2 fully saturated rings. The van der Waals surface area contributed by atoms with Crippen LogP contribution in [0.5, 0.6) is 0 Å². The number of nitrogens with one attached hydrogen (secondary N) is 1. The van der Waals surface area contributed by atoms with Gasteiger partial charge in [0.1, 0.15) is 4.90 Å². The van der Waals surface area contributed by atoms with Gasteiger partial charge in [-0.25, -0.2) is 8.42 Å². The van der Waals surface area contributed by atoms with E-state index in [0.717, 1.165) is 50.8 Å². The van der Waals surface area contributed by atoms with Crippen LogP contribution in [0.25, 0.3) is 0 Å². The van der Waals surface area contributed by atoms with Crippen molar-refractivity contribution in [3.05, 3.63) is 83.4 Å². The van der Waals surface area contributed by atoms with E-state index in [9.17, 15) is 13.2 Å². The van der Waals surface area contributed by atoms with E-state index < -0.39 is 10.0 Å². The molecule has 1 heterocycles. The Morgan fingerprint density at radius 2 is 1.60 bits per heavy atom. The molecule has 7 nitrogen and oxygen atoms in total. The highest BCUT2D eigenvalue weighted by atomic mass is 32.2. The molecule has 0 bridgehead atoms. The number of carbonyl (C=O) groups excluding carboxylic acids is 1. The van der Waals surface area contributed by atoms with Crippen LogP contribution >= 0.6 is 0 Å². The van der Waals surface area contributed by atoms with Gasteiger partial charge in [0.15, 0.2) is 0 Å². The number of rotatable bonds is 8. The van der Waals surface area contributed by atoms with E-state index in [0.29, 0.717) is 35.9 Å². The predicted molar refractivity (Wildman–Crippen MR) is 172 cm³/mol. The van der Waals surface area contributed by atoms with E-state index in [2.05, 4.69) is 45.8 Å². The zero-order valence-electron chi connectivity index (χ0n) is 24.8. The lowest BCUT2D eigenvalue weighted by Crippen LogP contribution is -2.49. The van der Waals surface area contributed by atoms with Crippen LogP contribution in [-0.2, 0) is 16.4 Å². The molecule has 0 aromatic heterocycles. The third-order valence-electron chi connectivity index (χ3n) is 8.54. The van der Waals surface area contributed by atoms with Gasteiger partial charge in [-0.05, 0) is 79.6 Å². The summed E-state index contributed by atoms with van der Waals surface area (Å²) in [4.78, 5) is 22.2. The Morgan fingerprint density at radius 1 is 0.905 bits per heavy atom. The summed E-state index contributed by atoms with van der Waals surface area (Å²) < 4.78 is 29.9. The van der Waals surface area contributed by atoms with Crippen LogP contribution < -0.4 is 9.62 Å². The normalized spacial score (nSPS) is 16.9. The lowest BCUT2D eigenvalue weighted by Gasteiger charge is -2.37. The van der Waals surface area contributed by atoms with Gasteiger partial charge in [0.05, 0.1) is 5.69 Å². The number of amides is 1. The molecule has 1 saturated heterocycles. The number of benzene rings is 3. The van der Waals surface area contributed by atoms with Crippen LogP contribution in [0.2, 0.25) is 0 Å². The standard InChI is InChI=1S/C34H42N4O3S/c1-3-26-12-9-10-16-31(26)37-22-24-38(25-23-37)34(39)28-18-20-29(21-19-28)36-42(40,41)32-17-11-15-30(33(32)35-4-2)27-13-7-5-6-8-14-27/h4,9-12,15-21,27,36H,3,5-8,13-14,22-25H2,1-2H3. The second-order valence-electron chi connectivity index (χ2n) is 11.2. The number of hydrogen-bond donors (Lipinski definition) is 1. The van der Waals surface area contributed by atoms with Crippen molar-refractivity contribution in [1.82, 2.24) is 4.90 Å². The Morgan fingerprint density at radius 3 is 2.26 bits per heavy atom. The average Bonchev–Trinajstić information content (AvgIpc) is 3.31. The zero-order valence-corrected chi connectivity index (χ0v) is 25.6. The molecule has 1 N–H and O–H groups in total. The van der Waals surface area contributed by atoms with Gasteiger partial charge in [0, 0.05) is 49.3 Å². The van der Waals surface area contributed by atoms with E-state index in [1.165, 1.54) is 24.1 Å². The van der Waals surface area contributed by atoms with Gasteiger partial charge in [-0.1, -0.05) is 62.9 Å². The number of sulfonamides is 1. The van der Waals surface area contributed by atoms with Gasteiger partial charge in [0.25, 0.3) is 15.9 Å². The molecule has 0 spiro atoms. The quantitative estimate of drug-likeness (QED) is 0.224. The summed E-state index contributed by atoms with van der Waals surface area (Å²) in [5, 5.41) is 0. The third kappa shape index (κ3) is 6.70. The number of aryl methyl sites for hydroxylation is 1. The summed E-state index contributed by atoms with van der Waals surface area (Å²) in [7, 11) is -3.89. The molecule has 2 aliphatic rings. The molecule has 1 aliphatic carbocycles. The summed E-state index contributed by atoms with van der Waals surface area (Å²) in [6.07, 6.45) is 9.52. The first-order chi connectivity index (χ1) is 20.4. The average molecular weight is 587 g/mol. The maximum atomic E-state index is 13.6. The molecule has 0 unspecified atom stereocenters. The van der Waals surface area contributed by atoms with Crippen molar-refractivity contribution in [2.75, 3.05) is 35.8 Å². The van der Waals surface area contributed by atoms with Crippen LogP contribution in [0.15, 0.2) is 76.6 Å². The summed E-state index contributed by atoms with van der Waals surface area (Å²) in [6, 6.07) is 20.7. The Labute approximate surface area is 250 Å². The van der Waals surface area contributed by atoms with Crippen molar-refractivity contribution in [1.29, 1.82) is 0 Å². The Bertz CT molecular complexity index is 1500. The molecule has 1 saturated carbocycles. The highest BCUT2D eigenvalue weighted by Crippen LogP contribution is 2.40. The highest BCUT2D eigenvalue weighted by molar-refractivity contribution is 7.92. The molecular weight excluding hydrogens is 544 g/mol. The summed E-state index contributed by atoms with van der Waals surface area (Å²) in [6.45, 7) is 6.82. The highest BCUT2D eigenvalue weighted by Gasteiger charge is 2.26. The molecule has 3 aromatic rings. The van der Waals surface area contributed by atoms with Crippen molar-refractivity contribution in [2.45, 2.75) is 69.6 Å². The van der Waals surface area contributed by atoms with Crippen LogP contribution in [0.1, 0.15) is 79.8 Å². The van der Waals surface area contributed by atoms with E-state index in [1.807, 2.05) is 24.0 Å². The summed E-state index contributed by atoms with van der Waals surface area (Å²) in [5.41, 5.74) is 5.08. The maximum absolute atomic E-state index is 13.6. The topological polar surface area (TPSA) is 82.1 Å². The SMILES string of the molecule is CC=Nc1c(C2CCCCCC2)cccc1S(=O)(=O)Nc1ccc(C(=O)N2CCN(c3ccccc3CC)CC2)cc1. The minimum atomic E-state index is -3.89. The van der Waals surface area contributed by atoms with Crippen molar-refractivity contribution in [2.24, 2.45) is 4.99 Å². The molecule has 3 aromatic carbocycles. The predicted octanol–water partition coefficient (Wildman–Crippen LogP) is 7.17. The van der Waals surface area contributed by atoms with Crippen LogP contribution in [-0.4, -0.2) is 51.6 Å². The fourth-order valence-corrected chi connectivity index (χ4v) is 7.52. The second-order valence-corrected chi connectivity index (χ2v) is 12.9. The molecule has 1 amide bonds. The van der Waals surface area contributed by atoms with Gasteiger partial charge in [-0.3, -0.25) is 14.5 Å². The van der Waals surface area contributed by atoms with Gasteiger partial charge < -0.3 is 9.80 Å². The van der Waals surface area contributed by atoms with Crippen molar-refractivity contribution in [3.8, 4) is 0 Å². The fraction of sp³-hybridized carbons (Fsp3) is 0.412. The molecule has 0 radical (unpaired) electrons. The molecule has 8 heteroatoms. The first kappa shape index (κ1) is 29.8. The van der Waals surface area contributed by atoms with E-state index in [-0.39, 0.29) is 10.8 Å². The molecule has 1 aliphatic heterocycles. The smallest absolute Gasteiger partial charge is 0.264 e. The Hall–Kier alpha value is -3.65. The summed E-state index contributed by atoms with van der Waals surface area (Å²) in [5.74, 6) is 0.276. The monoisotopic (exact) mass is 586 g/mol. The molecule has 222 valence electrons. The first-order valence-electron chi connectivity index (χ1n) is 15.3. The number of hydrogen-bond acceptors (Lipinski definition) is 5. The maximum Gasteiger partial charge on any atom is 0.264 e. The number of para-hydroxylation sites is 2. The lowest BCUT2D eigenvalue weighted by molar-refractivity contribution is 0.0747. The Balaban J connectivity index is 1.27. The van der Waals surface area contributed by atoms with E-state index >= 15 is 0 Å². The van der Waals surface area contributed by atoms with Crippen molar-refractivity contribution < 1.29 is 13.2 Å². The molecular formula is C34H42N4O3S. The van der Waals surface area contributed by atoms with Crippen molar-refractivity contribution in [3.63, 3.8) is 0 Å². The van der Waals surface area contributed by atoms with Gasteiger partial charge in [-0.2, -0.15) is 0 Å². The summed E-state index contributed by atoms with van der Waals surface area (Å²) >= 11 is 0. The molecule has 5 rings (SSSR count). The minimum Gasteiger partial charge on any atom is -0.368 e. The second kappa shape index (κ2) is 13.6. The van der Waals surface area contributed by atoms with E-state index in [4.69, 9.17) is 0 Å². The lowest BCUT2D eigenvalue weighted by atomic mass is 9.90. The number of carbonyl (C=O) groups is 1. The van der Waals surface area contributed by atoms with Gasteiger partial charge in [0.2, 0.25) is 0 Å². The van der Waals surface area contributed by atoms with Crippen molar-refractivity contribution >= 4 is 39.2 Å². The van der Waals surface area contributed by atoms with Crippen LogP contribution in [0.4, 0.5) is 17.1 Å². The fourth-order valence-electron chi connectivity index (χ4n) is 6.29. The third-order valence-corrected chi connectivity index (χ3v) is 9.95. The van der Waals surface area contributed by atoms with Gasteiger partial charge in [-0.15, -0.1) is 0 Å². The van der Waals surface area contributed by atoms with Gasteiger partial charge >= 0.3 is 0 Å². The van der Waals surface area contributed by atoms with Crippen LogP contribution in [0.3, 0.4) is 0 Å². The zero-order chi connectivity index (χ0) is 29.5. The number of anilines is 2. The minimum absolute atomic E-state index is 0.0384. The van der Waals surface area contributed by atoms with E-state index in [1.54, 1.807) is 36.5 Å². The number of piperazine rings is 1. The first-order valence-corrected chi connectivity index (χ1v) is 16.8. The largest absolute Gasteiger partial charge is 0.368 e. The number of nitrogens with zero attached hydrogens (tertiary/aromatic N) is 3. The Kier molecular flexibility index (Phi) is 9.62. The number of aliphatic imine (C=N–C) groups is 1. The molecule has 0 atom stereocenters. The van der Waals surface area contributed by atoms with Crippen LogP contribution in [0, 0.1) is 0 Å². The molecule has 42 heavy (non-hydrogen) atoms.